The Morgan fingerprint density at radius 3 is 2.49 bits per heavy atom. The highest BCUT2D eigenvalue weighted by atomic mass is 35.5. The molecular formula is C31H30ClN3O3S. The lowest BCUT2D eigenvalue weighted by molar-refractivity contribution is -0.136. The van der Waals surface area contributed by atoms with Crippen LogP contribution in [0.4, 0.5) is 0 Å². The van der Waals surface area contributed by atoms with Crippen molar-refractivity contribution in [3.8, 4) is 38.6 Å². The van der Waals surface area contributed by atoms with Gasteiger partial charge in [0.15, 0.2) is 0 Å². The van der Waals surface area contributed by atoms with Gasteiger partial charge in [-0.1, -0.05) is 29.8 Å². The number of carboxylic acid groups (broad SMARTS) is 1. The lowest BCUT2D eigenvalue weighted by atomic mass is 9.92. The Morgan fingerprint density at radius 1 is 1.08 bits per heavy atom. The monoisotopic (exact) mass is 559 g/mol. The molecule has 6 nitrogen and oxygen atoms in total. The number of aliphatic carboxylic acids is 1. The summed E-state index contributed by atoms with van der Waals surface area (Å²) in [4.78, 5) is 17.0. The van der Waals surface area contributed by atoms with Crippen LogP contribution in [0.15, 0.2) is 54.7 Å². The molecule has 0 amide bonds. The summed E-state index contributed by atoms with van der Waals surface area (Å²) in [6.45, 7) is 9.87. The van der Waals surface area contributed by atoms with Crippen LogP contribution in [0.3, 0.4) is 0 Å². The van der Waals surface area contributed by atoms with Crippen LogP contribution in [-0.2, 0) is 18.3 Å². The second-order valence-corrected chi connectivity index (χ2v) is 12.2. The molecule has 0 aliphatic carbocycles. The van der Waals surface area contributed by atoms with Crippen LogP contribution < -0.4 is 4.74 Å². The van der Waals surface area contributed by atoms with E-state index in [-0.39, 0.29) is 6.42 Å². The summed E-state index contributed by atoms with van der Waals surface area (Å²) in [5.41, 5.74) is 7.67. The number of hydrogen-bond donors (Lipinski definition) is 1. The van der Waals surface area contributed by atoms with Crippen molar-refractivity contribution in [1.82, 2.24) is 14.8 Å². The number of rotatable bonds is 6. The summed E-state index contributed by atoms with van der Waals surface area (Å²) in [5.74, 6) is -0.284. The number of nitrogens with zero attached hydrogens (tertiary/aromatic N) is 3. The zero-order valence-corrected chi connectivity index (χ0v) is 24.4. The zero-order chi connectivity index (χ0) is 28.1. The van der Waals surface area contributed by atoms with Crippen LogP contribution in [-0.4, -0.2) is 31.4 Å². The molecule has 2 heterocycles. The Hall–Kier alpha value is -3.68. The number of aryl methyl sites for hydroxylation is 3. The van der Waals surface area contributed by atoms with Crippen molar-refractivity contribution in [2.45, 2.75) is 46.6 Å². The van der Waals surface area contributed by atoms with Crippen LogP contribution in [0.25, 0.3) is 43.0 Å². The number of fused-ring (bicyclic) bond motifs is 1. The van der Waals surface area contributed by atoms with E-state index in [1.54, 1.807) is 17.4 Å². The van der Waals surface area contributed by atoms with Gasteiger partial charge >= 0.3 is 5.97 Å². The predicted molar refractivity (Wildman–Crippen MR) is 159 cm³/mol. The third-order valence-corrected chi connectivity index (χ3v) is 7.78. The number of halogens is 1. The smallest absolute Gasteiger partial charge is 0.307 e. The average molecular weight is 560 g/mol. The van der Waals surface area contributed by atoms with Crippen LogP contribution in [0.5, 0.6) is 5.75 Å². The Labute approximate surface area is 236 Å². The molecule has 5 aromatic rings. The maximum absolute atomic E-state index is 12.0. The van der Waals surface area contributed by atoms with E-state index in [0.29, 0.717) is 10.8 Å². The number of ether oxygens (including phenoxy) is 1. The van der Waals surface area contributed by atoms with Gasteiger partial charge in [0.05, 0.1) is 22.3 Å². The predicted octanol–water partition coefficient (Wildman–Crippen LogP) is 8.11. The second-order valence-electron chi connectivity index (χ2n) is 10.7. The van der Waals surface area contributed by atoms with Crippen LogP contribution in [0.1, 0.15) is 37.6 Å². The minimum absolute atomic E-state index is 0.113. The van der Waals surface area contributed by atoms with Gasteiger partial charge in [0.2, 0.25) is 0 Å². The SMILES string of the molecule is Cc1cc2nc(-c3cccc(-c4cn(C)nc4C)c3)sc2c(-c2ccc(Cl)cc2OC(C)(C)C)c1CC(=O)O. The lowest BCUT2D eigenvalue weighted by Gasteiger charge is -2.24. The van der Waals surface area contributed by atoms with E-state index >= 15 is 0 Å². The molecule has 8 heteroatoms. The van der Waals surface area contributed by atoms with Gasteiger partial charge in [-0.3, -0.25) is 9.48 Å². The lowest BCUT2D eigenvalue weighted by Crippen LogP contribution is -2.23. The van der Waals surface area contributed by atoms with Gasteiger partial charge in [-0.05, 0) is 81.6 Å². The number of aromatic nitrogens is 3. The van der Waals surface area contributed by atoms with Gasteiger partial charge in [0, 0.05) is 40.5 Å². The Morgan fingerprint density at radius 2 is 1.82 bits per heavy atom. The van der Waals surface area contributed by atoms with Gasteiger partial charge in [-0.25, -0.2) is 4.98 Å². The Bertz CT molecular complexity index is 1730. The molecule has 0 saturated heterocycles. The number of benzene rings is 3. The number of carbonyl (C=O) groups is 1. The van der Waals surface area contributed by atoms with Crippen molar-refractivity contribution in [1.29, 1.82) is 0 Å². The minimum atomic E-state index is -0.893. The summed E-state index contributed by atoms with van der Waals surface area (Å²) >= 11 is 7.93. The molecule has 0 aliphatic rings. The maximum Gasteiger partial charge on any atom is 0.307 e. The van der Waals surface area contributed by atoms with Gasteiger partial charge in [0.25, 0.3) is 0 Å². The van der Waals surface area contributed by atoms with Gasteiger partial charge in [-0.15, -0.1) is 11.3 Å². The maximum atomic E-state index is 12.0. The first-order valence-corrected chi connectivity index (χ1v) is 13.8. The zero-order valence-electron chi connectivity index (χ0n) is 22.8. The van der Waals surface area contributed by atoms with Gasteiger partial charge in [-0.2, -0.15) is 5.10 Å². The molecule has 0 saturated carbocycles. The Balaban J connectivity index is 1.74. The Kier molecular flexibility index (Phi) is 6.99. The van der Waals surface area contributed by atoms with Crippen molar-refractivity contribution in [3.63, 3.8) is 0 Å². The van der Waals surface area contributed by atoms with E-state index in [0.717, 1.165) is 59.9 Å². The molecule has 0 bridgehead atoms. The van der Waals surface area contributed by atoms with Crippen molar-refractivity contribution < 1.29 is 14.6 Å². The molecule has 5 rings (SSSR count). The first-order valence-electron chi connectivity index (χ1n) is 12.6. The van der Waals surface area contributed by atoms with E-state index in [1.165, 1.54) is 0 Å². The summed E-state index contributed by atoms with van der Waals surface area (Å²) in [7, 11) is 1.92. The van der Waals surface area contributed by atoms with Gasteiger partial charge in [0.1, 0.15) is 16.4 Å². The van der Waals surface area contributed by atoms with E-state index in [4.69, 9.17) is 21.3 Å². The molecule has 0 spiro atoms. The molecule has 2 aromatic heterocycles. The molecule has 1 N–H and O–H groups in total. The highest BCUT2D eigenvalue weighted by Gasteiger charge is 2.24. The quantitative estimate of drug-likeness (QED) is 0.227. The normalized spacial score (nSPS) is 11.8. The average Bonchev–Trinajstić information content (AvgIpc) is 3.41. The van der Waals surface area contributed by atoms with Gasteiger partial charge < -0.3 is 9.84 Å². The van der Waals surface area contributed by atoms with E-state index < -0.39 is 11.6 Å². The minimum Gasteiger partial charge on any atom is -0.487 e. The van der Waals surface area contributed by atoms with Crippen molar-refractivity contribution >= 4 is 39.1 Å². The van der Waals surface area contributed by atoms with E-state index in [9.17, 15) is 9.90 Å². The third kappa shape index (κ3) is 5.56. The van der Waals surface area contributed by atoms with E-state index in [1.807, 2.05) is 82.9 Å². The van der Waals surface area contributed by atoms with Crippen molar-refractivity contribution in [2.24, 2.45) is 7.05 Å². The summed E-state index contributed by atoms with van der Waals surface area (Å²) in [5, 5.41) is 15.7. The fraction of sp³-hybridized carbons (Fsp3) is 0.258. The summed E-state index contributed by atoms with van der Waals surface area (Å²) in [6, 6.07) is 15.8. The highest BCUT2D eigenvalue weighted by molar-refractivity contribution is 7.22. The first kappa shape index (κ1) is 26.9. The van der Waals surface area contributed by atoms with Crippen LogP contribution in [0, 0.1) is 13.8 Å². The molecular weight excluding hydrogens is 530 g/mol. The fourth-order valence-corrected chi connectivity index (χ4v) is 6.13. The molecule has 3 aromatic carbocycles. The van der Waals surface area contributed by atoms with Crippen LogP contribution in [0.2, 0.25) is 5.02 Å². The number of thiazole rings is 1. The number of carboxylic acids is 1. The van der Waals surface area contributed by atoms with Crippen molar-refractivity contribution in [3.05, 3.63) is 76.6 Å². The topological polar surface area (TPSA) is 77.2 Å². The highest BCUT2D eigenvalue weighted by Crippen LogP contribution is 2.45. The summed E-state index contributed by atoms with van der Waals surface area (Å²) < 4.78 is 9.06. The molecule has 0 atom stereocenters. The largest absolute Gasteiger partial charge is 0.487 e. The standard InChI is InChI=1S/C31H30ClN3O3S/c1-17-12-25-29(39-30(33-25)20-9-7-8-19(13-20)24-16-35(6)34-18(24)2)28(23(17)15-27(36)37)22-11-10-21(32)14-26(22)38-31(3,4)5/h7-14,16H,15H2,1-6H3,(H,36,37). The second kappa shape index (κ2) is 10.1. The molecule has 39 heavy (non-hydrogen) atoms. The third-order valence-electron chi connectivity index (χ3n) is 6.40. The molecule has 0 aliphatic heterocycles. The molecule has 200 valence electrons. The van der Waals surface area contributed by atoms with Crippen LogP contribution >= 0.6 is 22.9 Å². The first-order chi connectivity index (χ1) is 18.4. The van der Waals surface area contributed by atoms with Crippen molar-refractivity contribution in [2.75, 3.05) is 0 Å². The molecule has 0 unspecified atom stereocenters. The molecule has 0 radical (unpaired) electrons. The van der Waals surface area contributed by atoms with E-state index in [2.05, 4.69) is 17.2 Å². The number of hydrogen-bond acceptors (Lipinski definition) is 5. The summed E-state index contributed by atoms with van der Waals surface area (Å²) in [6.07, 6.45) is 1.90. The molecule has 0 fully saturated rings. The fourth-order valence-electron chi connectivity index (χ4n) is 4.84.